The Bertz CT molecular complexity index is 897. The minimum Gasteiger partial charge on any atom is -0.338 e. The van der Waals surface area contributed by atoms with Gasteiger partial charge in [-0.3, -0.25) is 14.8 Å². The maximum absolute atomic E-state index is 13.2. The Morgan fingerprint density at radius 1 is 1.14 bits per heavy atom. The molecule has 0 saturated carbocycles. The SMILES string of the molecule is Cc1ccc(CN2CC[C@@]3(CCc4cc(C(=O)NO)ccc4C3)C2=O)cc1.S. The predicted octanol–water partition coefficient (Wildman–Crippen LogP) is 3.13. The van der Waals surface area contributed by atoms with Crippen LogP contribution in [0.5, 0.6) is 0 Å². The molecule has 2 aromatic rings. The molecule has 1 saturated heterocycles. The van der Waals surface area contributed by atoms with E-state index in [9.17, 15) is 9.59 Å². The van der Waals surface area contributed by atoms with Crippen LogP contribution >= 0.6 is 13.5 Å². The largest absolute Gasteiger partial charge is 0.338 e. The van der Waals surface area contributed by atoms with E-state index in [4.69, 9.17) is 5.21 Å². The van der Waals surface area contributed by atoms with E-state index in [1.807, 2.05) is 17.0 Å². The fraction of sp³-hybridized carbons (Fsp3) is 0.364. The molecule has 0 radical (unpaired) electrons. The summed E-state index contributed by atoms with van der Waals surface area (Å²) in [6.07, 6.45) is 3.21. The number of likely N-dealkylation sites (tertiary alicyclic amines) is 1. The number of carbonyl (C=O) groups is 2. The summed E-state index contributed by atoms with van der Waals surface area (Å²) in [6, 6.07) is 13.8. The van der Waals surface area contributed by atoms with Gasteiger partial charge in [-0.1, -0.05) is 35.9 Å². The molecule has 1 spiro atoms. The van der Waals surface area contributed by atoms with Gasteiger partial charge in [0, 0.05) is 18.7 Å². The van der Waals surface area contributed by atoms with E-state index in [-0.39, 0.29) is 24.8 Å². The third-order valence-corrected chi connectivity index (χ3v) is 6.07. The molecular formula is C22H26N2O3S. The first kappa shape index (κ1) is 20.4. The molecular weight excluding hydrogens is 372 g/mol. The van der Waals surface area contributed by atoms with Crippen molar-refractivity contribution in [3.63, 3.8) is 0 Å². The Morgan fingerprint density at radius 2 is 1.89 bits per heavy atom. The summed E-state index contributed by atoms with van der Waals surface area (Å²) < 4.78 is 0. The highest BCUT2D eigenvalue weighted by Crippen LogP contribution is 2.44. The van der Waals surface area contributed by atoms with E-state index in [2.05, 4.69) is 31.2 Å². The molecule has 4 rings (SSSR count). The van der Waals surface area contributed by atoms with Crippen LogP contribution in [0.1, 0.15) is 45.5 Å². The van der Waals surface area contributed by atoms with E-state index in [1.54, 1.807) is 11.5 Å². The molecule has 2 aliphatic rings. The number of hydroxylamine groups is 1. The molecule has 2 aromatic carbocycles. The second-order valence-electron chi connectivity index (χ2n) is 7.84. The first-order valence-corrected chi connectivity index (χ1v) is 9.42. The number of nitrogens with one attached hydrogen (secondary N) is 1. The predicted molar refractivity (Wildman–Crippen MR) is 112 cm³/mol. The third-order valence-electron chi connectivity index (χ3n) is 6.07. The minimum absolute atomic E-state index is 0. The lowest BCUT2D eigenvalue weighted by Gasteiger charge is -2.33. The van der Waals surface area contributed by atoms with Crippen molar-refractivity contribution < 1.29 is 14.8 Å². The van der Waals surface area contributed by atoms with Crippen LogP contribution < -0.4 is 5.48 Å². The molecule has 1 aliphatic carbocycles. The topological polar surface area (TPSA) is 69.6 Å². The van der Waals surface area contributed by atoms with Crippen molar-refractivity contribution in [2.75, 3.05) is 6.54 Å². The number of rotatable bonds is 3. The fourth-order valence-electron chi connectivity index (χ4n) is 4.42. The quantitative estimate of drug-likeness (QED) is 0.616. The summed E-state index contributed by atoms with van der Waals surface area (Å²) in [4.78, 5) is 26.8. The van der Waals surface area contributed by atoms with Crippen molar-refractivity contribution in [2.24, 2.45) is 5.41 Å². The van der Waals surface area contributed by atoms with Gasteiger partial charge in [0.1, 0.15) is 0 Å². The highest BCUT2D eigenvalue weighted by Gasteiger charge is 2.47. The number of amides is 2. The number of aryl methyl sites for hydroxylation is 2. The highest BCUT2D eigenvalue weighted by molar-refractivity contribution is 7.59. The fourth-order valence-corrected chi connectivity index (χ4v) is 4.42. The van der Waals surface area contributed by atoms with Gasteiger partial charge in [0.05, 0.1) is 5.41 Å². The number of nitrogens with zero attached hydrogens (tertiary/aromatic N) is 1. The normalized spacial score (nSPS) is 20.6. The number of benzene rings is 2. The van der Waals surface area contributed by atoms with Gasteiger partial charge in [0.25, 0.3) is 5.91 Å². The summed E-state index contributed by atoms with van der Waals surface area (Å²) in [5, 5.41) is 8.81. The molecule has 28 heavy (non-hydrogen) atoms. The Balaban J connectivity index is 0.00000225. The standard InChI is InChI=1S/C22H24N2O3.H2S/c1-15-2-4-16(5-3-15)14-24-11-10-22(21(24)26)9-8-17-12-18(20(25)23-27)6-7-19(17)13-22;/h2-7,12,27H,8-11,13-14H2,1H3,(H,23,25);1H2/t22-;/m1./s1. The molecule has 0 aromatic heterocycles. The van der Waals surface area contributed by atoms with E-state index >= 15 is 0 Å². The van der Waals surface area contributed by atoms with E-state index < -0.39 is 5.91 Å². The van der Waals surface area contributed by atoms with Crippen molar-refractivity contribution >= 4 is 25.3 Å². The van der Waals surface area contributed by atoms with Crippen LogP contribution in [0.3, 0.4) is 0 Å². The second-order valence-corrected chi connectivity index (χ2v) is 7.84. The maximum Gasteiger partial charge on any atom is 0.274 e. The number of fused-ring (bicyclic) bond motifs is 1. The highest BCUT2D eigenvalue weighted by atomic mass is 32.1. The molecule has 1 fully saturated rings. The average Bonchev–Trinajstić information content (AvgIpc) is 2.98. The van der Waals surface area contributed by atoms with Gasteiger partial charge < -0.3 is 4.90 Å². The zero-order chi connectivity index (χ0) is 19.0. The minimum atomic E-state index is -0.501. The summed E-state index contributed by atoms with van der Waals surface area (Å²) >= 11 is 0. The van der Waals surface area contributed by atoms with Crippen molar-refractivity contribution in [2.45, 2.75) is 39.2 Å². The van der Waals surface area contributed by atoms with E-state index in [1.165, 1.54) is 11.1 Å². The van der Waals surface area contributed by atoms with Crippen LogP contribution in [0.2, 0.25) is 0 Å². The van der Waals surface area contributed by atoms with Crippen LogP contribution in [0.4, 0.5) is 0 Å². The summed E-state index contributed by atoms with van der Waals surface area (Å²) in [5.74, 6) is -0.245. The van der Waals surface area contributed by atoms with Gasteiger partial charge >= 0.3 is 0 Å². The van der Waals surface area contributed by atoms with Gasteiger partial charge in [0.2, 0.25) is 5.91 Å². The van der Waals surface area contributed by atoms with Gasteiger partial charge in [-0.05, 0) is 61.4 Å². The van der Waals surface area contributed by atoms with Crippen molar-refractivity contribution in [3.05, 3.63) is 70.3 Å². The zero-order valence-corrected chi connectivity index (χ0v) is 17.0. The number of carbonyl (C=O) groups excluding carboxylic acids is 2. The summed E-state index contributed by atoms with van der Waals surface area (Å²) in [7, 11) is 0. The molecule has 1 heterocycles. The molecule has 0 bridgehead atoms. The van der Waals surface area contributed by atoms with Crippen LogP contribution in [0.15, 0.2) is 42.5 Å². The van der Waals surface area contributed by atoms with Crippen molar-refractivity contribution in [1.29, 1.82) is 0 Å². The molecule has 2 N–H and O–H groups in total. The number of hydrogen-bond donors (Lipinski definition) is 2. The molecule has 1 atom stereocenters. The monoisotopic (exact) mass is 398 g/mol. The maximum atomic E-state index is 13.2. The van der Waals surface area contributed by atoms with Gasteiger partial charge in [-0.25, -0.2) is 5.48 Å². The lowest BCUT2D eigenvalue weighted by atomic mass is 9.70. The van der Waals surface area contributed by atoms with Crippen molar-refractivity contribution in [1.82, 2.24) is 10.4 Å². The zero-order valence-electron chi connectivity index (χ0n) is 16.0. The molecule has 5 nitrogen and oxygen atoms in total. The van der Waals surface area contributed by atoms with Gasteiger partial charge in [-0.15, -0.1) is 0 Å². The molecule has 0 unspecified atom stereocenters. The molecule has 6 heteroatoms. The summed E-state index contributed by atoms with van der Waals surface area (Å²) in [6.45, 7) is 3.53. The van der Waals surface area contributed by atoms with Crippen LogP contribution in [0.25, 0.3) is 0 Å². The Labute approximate surface area is 172 Å². The average molecular weight is 399 g/mol. The molecule has 148 valence electrons. The van der Waals surface area contributed by atoms with Gasteiger partial charge in [0.15, 0.2) is 0 Å². The molecule has 2 amide bonds. The Hall–Kier alpha value is -2.31. The Morgan fingerprint density at radius 3 is 2.61 bits per heavy atom. The third kappa shape index (κ3) is 3.66. The second kappa shape index (κ2) is 7.97. The van der Waals surface area contributed by atoms with E-state index in [0.29, 0.717) is 12.1 Å². The first-order valence-electron chi connectivity index (χ1n) is 9.42. The van der Waals surface area contributed by atoms with Gasteiger partial charge in [-0.2, -0.15) is 13.5 Å². The molecule has 1 aliphatic heterocycles. The van der Waals surface area contributed by atoms with Crippen LogP contribution in [0, 0.1) is 12.3 Å². The smallest absolute Gasteiger partial charge is 0.274 e. The number of hydrogen-bond acceptors (Lipinski definition) is 3. The van der Waals surface area contributed by atoms with E-state index in [0.717, 1.165) is 43.4 Å². The lowest BCUT2D eigenvalue weighted by Crippen LogP contribution is -2.38. The van der Waals surface area contributed by atoms with Crippen LogP contribution in [-0.4, -0.2) is 28.5 Å². The van der Waals surface area contributed by atoms with Crippen LogP contribution in [-0.2, 0) is 24.2 Å². The Kier molecular flexibility index (Phi) is 5.82. The lowest BCUT2D eigenvalue weighted by molar-refractivity contribution is -0.137. The summed E-state index contributed by atoms with van der Waals surface area (Å²) in [5.41, 5.74) is 6.45. The first-order chi connectivity index (χ1) is 13.0. The van der Waals surface area contributed by atoms with Crippen molar-refractivity contribution in [3.8, 4) is 0 Å².